The van der Waals surface area contributed by atoms with Gasteiger partial charge in [0.2, 0.25) is 5.91 Å². The van der Waals surface area contributed by atoms with E-state index in [0.29, 0.717) is 0 Å². The third-order valence-corrected chi connectivity index (χ3v) is 3.52. The molecule has 22 heavy (non-hydrogen) atoms. The summed E-state index contributed by atoms with van der Waals surface area (Å²) >= 11 is 0. The molecule has 0 aromatic heterocycles. The van der Waals surface area contributed by atoms with E-state index in [4.69, 9.17) is 5.73 Å². The highest BCUT2D eigenvalue weighted by atomic mass is 35.5. The maximum atomic E-state index is 11.5. The number of halogens is 3. The van der Waals surface area contributed by atoms with Gasteiger partial charge >= 0.3 is 0 Å². The predicted octanol–water partition coefficient (Wildman–Crippen LogP) is 1.99. The average Bonchev–Trinajstić information content (AvgIpc) is 2.48. The molecule has 1 heterocycles. The minimum absolute atomic E-state index is 0. The second kappa shape index (κ2) is 11.8. The van der Waals surface area contributed by atoms with Crippen LogP contribution in [0.25, 0.3) is 0 Å². The molecule has 1 aliphatic heterocycles. The predicted molar refractivity (Wildman–Crippen MR) is 100 cm³/mol. The van der Waals surface area contributed by atoms with Gasteiger partial charge in [-0.1, -0.05) is 19.1 Å². The summed E-state index contributed by atoms with van der Waals surface area (Å²) in [5.74, 6) is -0.153. The maximum absolute atomic E-state index is 11.5. The van der Waals surface area contributed by atoms with E-state index >= 15 is 0 Å². The van der Waals surface area contributed by atoms with E-state index in [1.807, 2.05) is 24.3 Å². The van der Waals surface area contributed by atoms with E-state index in [9.17, 15) is 4.79 Å². The van der Waals surface area contributed by atoms with Crippen LogP contribution in [0.5, 0.6) is 0 Å². The molecule has 0 spiro atoms. The summed E-state index contributed by atoms with van der Waals surface area (Å²) < 4.78 is 0. The second-order valence-corrected chi connectivity index (χ2v) is 4.69. The van der Waals surface area contributed by atoms with E-state index in [2.05, 4.69) is 22.0 Å². The van der Waals surface area contributed by atoms with E-state index in [1.54, 1.807) is 0 Å². The molecule has 0 unspecified atom stereocenters. The fraction of sp³-hybridized carbons (Fsp3) is 0.500. The number of benzene rings is 1. The summed E-state index contributed by atoms with van der Waals surface area (Å²) in [6, 6.07) is 7.90. The number of anilines is 2. The number of hydrogen-bond acceptors (Lipinski definition) is 4. The van der Waals surface area contributed by atoms with Crippen molar-refractivity contribution in [3.05, 3.63) is 24.3 Å². The first kappa shape index (κ1) is 23.5. The van der Waals surface area contributed by atoms with Crippen molar-refractivity contribution in [2.24, 2.45) is 5.73 Å². The maximum Gasteiger partial charge on any atom is 0.238 e. The molecule has 0 bridgehead atoms. The Kier molecular flexibility index (Phi) is 12.6. The lowest BCUT2D eigenvalue weighted by molar-refractivity contribution is -0.114. The Labute approximate surface area is 150 Å². The van der Waals surface area contributed by atoms with Gasteiger partial charge in [0.25, 0.3) is 0 Å². The molecule has 1 saturated heterocycles. The summed E-state index contributed by atoms with van der Waals surface area (Å²) in [5.41, 5.74) is 7.29. The molecule has 1 aromatic rings. The van der Waals surface area contributed by atoms with Gasteiger partial charge in [0.1, 0.15) is 0 Å². The van der Waals surface area contributed by atoms with Crippen LogP contribution in [0.15, 0.2) is 24.3 Å². The second-order valence-electron chi connectivity index (χ2n) is 4.69. The van der Waals surface area contributed by atoms with Gasteiger partial charge in [0.15, 0.2) is 0 Å². The lowest BCUT2D eigenvalue weighted by Gasteiger charge is -2.36. The number of amides is 1. The highest BCUT2D eigenvalue weighted by Gasteiger charge is 2.18. The number of nitrogens with one attached hydrogen (secondary N) is 1. The molecule has 0 radical (unpaired) electrons. The molecular weight excluding hydrogens is 347 g/mol. The number of carbonyl (C=O) groups excluding carboxylic acids is 1. The van der Waals surface area contributed by atoms with E-state index < -0.39 is 0 Å². The summed E-state index contributed by atoms with van der Waals surface area (Å²) in [4.78, 5) is 16.2. The van der Waals surface area contributed by atoms with Gasteiger partial charge in [-0.3, -0.25) is 4.79 Å². The van der Waals surface area contributed by atoms with Crippen LogP contribution in [0.3, 0.4) is 0 Å². The molecule has 0 atom stereocenters. The first-order valence-corrected chi connectivity index (χ1v) is 6.81. The Morgan fingerprint density at radius 3 is 2.27 bits per heavy atom. The quantitative estimate of drug-likeness (QED) is 0.850. The highest BCUT2D eigenvalue weighted by Crippen LogP contribution is 2.26. The monoisotopic (exact) mass is 370 g/mol. The van der Waals surface area contributed by atoms with Crippen LogP contribution in [0.2, 0.25) is 0 Å². The van der Waals surface area contributed by atoms with Crippen molar-refractivity contribution < 1.29 is 4.79 Å². The third kappa shape index (κ3) is 6.18. The Bertz CT molecular complexity index is 440. The van der Waals surface area contributed by atoms with Crippen LogP contribution in [0, 0.1) is 0 Å². The van der Waals surface area contributed by atoms with E-state index in [-0.39, 0.29) is 49.7 Å². The lowest BCUT2D eigenvalue weighted by atomic mass is 10.2. The zero-order chi connectivity index (χ0) is 13.7. The first-order valence-electron chi connectivity index (χ1n) is 6.81. The largest absolute Gasteiger partial charge is 0.367 e. The summed E-state index contributed by atoms with van der Waals surface area (Å²) in [5, 5.41) is 2.86. The number of rotatable bonds is 4. The van der Waals surface area contributed by atoms with Crippen molar-refractivity contribution in [3.8, 4) is 0 Å². The molecule has 3 N–H and O–H groups in total. The fourth-order valence-electron chi connectivity index (χ4n) is 2.36. The average molecular weight is 372 g/mol. The van der Waals surface area contributed by atoms with Crippen molar-refractivity contribution in [1.29, 1.82) is 0 Å². The third-order valence-electron chi connectivity index (χ3n) is 3.52. The Hall–Kier alpha value is -0.720. The van der Waals surface area contributed by atoms with Gasteiger partial charge in [-0.15, -0.1) is 37.2 Å². The highest BCUT2D eigenvalue weighted by molar-refractivity contribution is 5.95. The van der Waals surface area contributed by atoms with Crippen molar-refractivity contribution >= 4 is 54.5 Å². The summed E-state index contributed by atoms with van der Waals surface area (Å²) in [6.07, 6.45) is 0. The number of para-hydroxylation sites is 2. The van der Waals surface area contributed by atoms with Crippen LogP contribution < -0.4 is 16.0 Å². The van der Waals surface area contributed by atoms with Crippen LogP contribution in [0.1, 0.15) is 6.92 Å². The zero-order valence-corrected chi connectivity index (χ0v) is 15.1. The van der Waals surface area contributed by atoms with Crippen molar-refractivity contribution in [2.45, 2.75) is 6.92 Å². The number of nitrogens with zero attached hydrogens (tertiary/aromatic N) is 2. The normalized spacial score (nSPS) is 14.2. The standard InChI is InChI=1S/C14H22N4O.3ClH/c1-2-17-7-9-18(10-8-17)13-6-4-3-5-12(13)16-14(19)11-15;;;/h3-6H,2,7-11,15H2,1H3,(H,16,19);3*1H. The molecule has 1 aliphatic rings. The molecule has 5 nitrogen and oxygen atoms in total. The number of likely N-dealkylation sites (N-methyl/N-ethyl adjacent to an activating group) is 1. The van der Waals surface area contributed by atoms with Crippen LogP contribution >= 0.6 is 37.2 Å². The van der Waals surface area contributed by atoms with Crippen LogP contribution in [-0.2, 0) is 4.79 Å². The van der Waals surface area contributed by atoms with Crippen LogP contribution in [0.4, 0.5) is 11.4 Å². The fourth-order valence-corrected chi connectivity index (χ4v) is 2.36. The SMILES string of the molecule is CCN1CCN(c2ccccc2NC(=O)CN)CC1.Cl.Cl.Cl. The smallest absolute Gasteiger partial charge is 0.238 e. The van der Waals surface area contributed by atoms with Crippen molar-refractivity contribution in [2.75, 3.05) is 49.5 Å². The Balaban J connectivity index is 0. The van der Waals surface area contributed by atoms with Gasteiger partial charge < -0.3 is 20.9 Å². The minimum atomic E-state index is -0.153. The van der Waals surface area contributed by atoms with Gasteiger partial charge in [0, 0.05) is 26.2 Å². The van der Waals surface area contributed by atoms with E-state index in [1.165, 1.54) is 0 Å². The molecular formula is C14H25Cl3N4O. The van der Waals surface area contributed by atoms with Crippen molar-refractivity contribution in [3.63, 3.8) is 0 Å². The van der Waals surface area contributed by atoms with Gasteiger partial charge in [0.05, 0.1) is 17.9 Å². The zero-order valence-electron chi connectivity index (χ0n) is 12.7. The molecule has 8 heteroatoms. The molecule has 0 aliphatic carbocycles. The first-order chi connectivity index (χ1) is 9.24. The molecule has 2 rings (SSSR count). The number of piperazine rings is 1. The minimum Gasteiger partial charge on any atom is -0.367 e. The molecule has 1 amide bonds. The molecule has 1 fully saturated rings. The molecule has 0 saturated carbocycles. The molecule has 128 valence electrons. The number of hydrogen-bond donors (Lipinski definition) is 2. The van der Waals surface area contributed by atoms with Crippen LogP contribution in [-0.4, -0.2) is 50.1 Å². The number of carbonyl (C=O) groups is 1. The van der Waals surface area contributed by atoms with Crippen molar-refractivity contribution in [1.82, 2.24) is 4.90 Å². The topological polar surface area (TPSA) is 61.6 Å². The van der Waals surface area contributed by atoms with Gasteiger partial charge in [-0.05, 0) is 18.7 Å². The van der Waals surface area contributed by atoms with Gasteiger partial charge in [-0.2, -0.15) is 0 Å². The number of nitrogens with two attached hydrogens (primary N) is 1. The Morgan fingerprint density at radius 2 is 1.73 bits per heavy atom. The Morgan fingerprint density at radius 1 is 1.14 bits per heavy atom. The van der Waals surface area contributed by atoms with E-state index in [0.717, 1.165) is 44.1 Å². The summed E-state index contributed by atoms with van der Waals surface area (Å²) in [7, 11) is 0. The van der Waals surface area contributed by atoms with Gasteiger partial charge in [-0.25, -0.2) is 0 Å². The lowest BCUT2D eigenvalue weighted by Crippen LogP contribution is -2.46. The molecule has 1 aromatic carbocycles. The summed E-state index contributed by atoms with van der Waals surface area (Å²) in [6.45, 7) is 7.40.